The third-order valence-electron chi connectivity index (χ3n) is 3.14. The molecule has 0 bridgehead atoms. The Bertz CT molecular complexity index is 572. The molecule has 0 fully saturated rings. The first-order valence-electron chi connectivity index (χ1n) is 6.32. The minimum atomic E-state index is 0.353. The molecule has 0 aliphatic rings. The Labute approximate surface area is 113 Å². The fraction of sp³-hybridized carbons (Fsp3) is 0.429. The van der Waals surface area contributed by atoms with Gasteiger partial charge in [-0.3, -0.25) is 0 Å². The van der Waals surface area contributed by atoms with Crippen LogP contribution in [0.5, 0.6) is 11.5 Å². The molecule has 0 radical (unpaired) electrons. The molecule has 2 rings (SSSR count). The van der Waals surface area contributed by atoms with E-state index in [0.29, 0.717) is 17.5 Å². The van der Waals surface area contributed by atoms with Crippen LogP contribution in [0.4, 0.5) is 5.82 Å². The number of rotatable bonds is 5. The average molecular weight is 261 g/mol. The highest BCUT2D eigenvalue weighted by molar-refractivity contribution is 5.91. The lowest BCUT2D eigenvalue weighted by molar-refractivity contribution is 0.356. The van der Waals surface area contributed by atoms with E-state index in [-0.39, 0.29) is 0 Å². The molecule has 0 saturated heterocycles. The number of aromatic nitrogens is 2. The molecule has 19 heavy (non-hydrogen) atoms. The fourth-order valence-corrected chi connectivity index (χ4v) is 1.83. The van der Waals surface area contributed by atoms with E-state index in [9.17, 15) is 0 Å². The molecule has 0 unspecified atom stereocenters. The van der Waals surface area contributed by atoms with Gasteiger partial charge in [0.1, 0.15) is 12.1 Å². The lowest BCUT2D eigenvalue weighted by Gasteiger charge is -2.15. The maximum absolute atomic E-state index is 5.32. The van der Waals surface area contributed by atoms with Crippen molar-refractivity contribution in [3.63, 3.8) is 0 Å². The first kappa shape index (κ1) is 13.4. The molecule has 1 atom stereocenters. The van der Waals surface area contributed by atoms with E-state index >= 15 is 0 Å². The van der Waals surface area contributed by atoms with Gasteiger partial charge in [-0.2, -0.15) is 0 Å². The lowest BCUT2D eigenvalue weighted by Crippen LogP contribution is -2.14. The molecule has 5 nitrogen and oxygen atoms in total. The number of nitrogens with one attached hydrogen (secondary N) is 1. The van der Waals surface area contributed by atoms with Crippen molar-refractivity contribution in [2.45, 2.75) is 26.3 Å². The quantitative estimate of drug-likeness (QED) is 0.897. The van der Waals surface area contributed by atoms with Crippen LogP contribution in [0.25, 0.3) is 10.9 Å². The number of ether oxygens (including phenoxy) is 2. The summed E-state index contributed by atoms with van der Waals surface area (Å²) in [6.07, 6.45) is 2.58. The SMILES string of the molecule is CC[C@H](C)Nc1ncnc2cc(OC)c(OC)cc12. The smallest absolute Gasteiger partial charge is 0.162 e. The van der Waals surface area contributed by atoms with Gasteiger partial charge in [0.05, 0.1) is 19.7 Å². The molecular formula is C14H19N3O2. The van der Waals surface area contributed by atoms with E-state index < -0.39 is 0 Å². The first-order chi connectivity index (χ1) is 9.19. The van der Waals surface area contributed by atoms with Crippen LogP contribution in [-0.2, 0) is 0 Å². The Kier molecular flexibility index (Phi) is 4.04. The summed E-state index contributed by atoms with van der Waals surface area (Å²) in [5.74, 6) is 2.17. The van der Waals surface area contributed by atoms with E-state index in [1.807, 2.05) is 12.1 Å². The van der Waals surface area contributed by atoms with E-state index in [1.165, 1.54) is 0 Å². The zero-order valence-corrected chi connectivity index (χ0v) is 11.7. The molecule has 5 heteroatoms. The predicted molar refractivity (Wildman–Crippen MR) is 76.0 cm³/mol. The molecule has 0 aliphatic heterocycles. The second kappa shape index (κ2) is 5.73. The maximum Gasteiger partial charge on any atom is 0.162 e. The van der Waals surface area contributed by atoms with Crippen molar-refractivity contribution in [1.29, 1.82) is 0 Å². The van der Waals surface area contributed by atoms with Gasteiger partial charge in [-0.05, 0) is 19.4 Å². The van der Waals surface area contributed by atoms with Crippen molar-refractivity contribution in [2.75, 3.05) is 19.5 Å². The highest BCUT2D eigenvalue weighted by Gasteiger charge is 2.11. The third kappa shape index (κ3) is 2.70. The molecule has 1 N–H and O–H groups in total. The predicted octanol–water partition coefficient (Wildman–Crippen LogP) is 2.86. The van der Waals surface area contributed by atoms with Crippen LogP contribution in [-0.4, -0.2) is 30.2 Å². The van der Waals surface area contributed by atoms with Gasteiger partial charge in [0.15, 0.2) is 11.5 Å². The van der Waals surface area contributed by atoms with Gasteiger partial charge in [-0.15, -0.1) is 0 Å². The minimum Gasteiger partial charge on any atom is -0.493 e. The maximum atomic E-state index is 5.32. The van der Waals surface area contributed by atoms with Crippen molar-refractivity contribution >= 4 is 16.7 Å². The summed E-state index contributed by atoms with van der Waals surface area (Å²) in [6.45, 7) is 4.25. The second-order valence-corrected chi connectivity index (χ2v) is 4.40. The van der Waals surface area contributed by atoms with Crippen LogP contribution in [0.3, 0.4) is 0 Å². The van der Waals surface area contributed by atoms with Gasteiger partial charge in [-0.25, -0.2) is 9.97 Å². The minimum absolute atomic E-state index is 0.353. The van der Waals surface area contributed by atoms with E-state index in [1.54, 1.807) is 20.5 Å². The number of benzene rings is 1. The number of methoxy groups -OCH3 is 2. The van der Waals surface area contributed by atoms with Crippen molar-refractivity contribution in [1.82, 2.24) is 9.97 Å². The largest absolute Gasteiger partial charge is 0.493 e. The van der Waals surface area contributed by atoms with Gasteiger partial charge < -0.3 is 14.8 Å². The Morgan fingerprint density at radius 1 is 1.16 bits per heavy atom. The van der Waals surface area contributed by atoms with Crippen molar-refractivity contribution in [3.8, 4) is 11.5 Å². The van der Waals surface area contributed by atoms with E-state index in [0.717, 1.165) is 23.1 Å². The summed E-state index contributed by atoms with van der Waals surface area (Å²) in [4.78, 5) is 8.58. The van der Waals surface area contributed by atoms with Gasteiger partial charge in [-0.1, -0.05) is 6.92 Å². The normalized spacial score (nSPS) is 12.2. The van der Waals surface area contributed by atoms with Crippen LogP contribution < -0.4 is 14.8 Å². The molecule has 0 saturated carbocycles. The number of nitrogens with zero attached hydrogens (tertiary/aromatic N) is 2. The zero-order valence-electron chi connectivity index (χ0n) is 11.7. The van der Waals surface area contributed by atoms with Crippen molar-refractivity contribution in [2.24, 2.45) is 0 Å². The van der Waals surface area contributed by atoms with Crippen molar-refractivity contribution in [3.05, 3.63) is 18.5 Å². The molecule has 1 aromatic heterocycles. The highest BCUT2D eigenvalue weighted by atomic mass is 16.5. The Morgan fingerprint density at radius 3 is 2.47 bits per heavy atom. The lowest BCUT2D eigenvalue weighted by atomic mass is 10.2. The average Bonchev–Trinajstić information content (AvgIpc) is 2.45. The van der Waals surface area contributed by atoms with Crippen LogP contribution in [0, 0.1) is 0 Å². The molecule has 0 spiro atoms. The standard InChI is InChI=1S/C14H19N3O2/c1-5-9(2)17-14-10-6-12(18-3)13(19-4)7-11(10)15-8-16-14/h6-9H,5H2,1-4H3,(H,15,16,17)/t9-/m0/s1. The Morgan fingerprint density at radius 2 is 1.84 bits per heavy atom. The zero-order chi connectivity index (χ0) is 13.8. The summed E-state index contributed by atoms with van der Waals surface area (Å²) in [6, 6.07) is 4.11. The molecule has 0 aliphatic carbocycles. The monoisotopic (exact) mass is 261 g/mol. The number of anilines is 1. The highest BCUT2D eigenvalue weighted by Crippen LogP contribution is 2.33. The first-order valence-corrected chi connectivity index (χ1v) is 6.32. The van der Waals surface area contributed by atoms with Gasteiger partial charge in [0, 0.05) is 17.5 Å². The Balaban J connectivity index is 2.54. The summed E-state index contributed by atoms with van der Waals surface area (Å²) >= 11 is 0. The van der Waals surface area contributed by atoms with Crippen LogP contribution in [0.2, 0.25) is 0 Å². The fourth-order valence-electron chi connectivity index (χ4n) is 1.83. The van der Waals surface area contributed by atoms with Gasteiger partial charge >= 0.3 is 0 Å². The Hall–Kier alpha value is -2.04. The number of hydrogen-bond acceptors (Lipinski definition) is 5. The van der Waals surface area contributed by atoms with E-state index in [4.69, 9.17) is 9.47 Å². The van der Waals surface area contributed by atoms with Gasteiger partial charge in [0.2, 0.25) is 0 Å². The van der Waals surface area contributed by atoms with Crippen LogP contribution >= 0.6 is 0 Å². The van der Waals surface area contributed by atoms with Crippen molar-refractivity contribution < 1.29 is 9.47 Å². The summed E-state index contributed by atoms with van der Waals surface area (Å²) in [5.41, 5.74) is 0.832. The third-order valence-corrected chi connectivity index (χ3v) is 3.14. The van der Waals surface area contributed by atoms with Gasteiger partial charge in [0.25, 0.3) is 0 Å². The van der Waals surface area contributed by atoms with E-state index in [2.05, 4.69) is 29.1 Å². The molecular weight excluding hydrogens is 242 g/mol. The molecule has 2 aromatic rings. The molecule has 1 heterocycles. The summed E-state index contributed by atoms with van der Waals surface area (Å²) in [7, 11) is 3.23. The van der Waals surface area contributed by atoms with Crippen LogP contribution in [0.15, 0.2) is 18.5 Å². The number of hydrogen-bond donors (Lipinski definition) is 1. The summed E-state index contributed by atoms with van der Waals surface area (Å²) < 4.78 is 10.6. The number of fused-ring (bicyclic) bond motifs is 1. The topological polar surface area (TPSA) is 56.3 Å². The molecule has 1 aromatic carbocycles. The second-order valence-electron chi connectivity index (χ2n) is 4.40. The molecule has 0 amide bonds. The van der Waals surface area contributed by atoms with Crippen LogP contribution in [0.1, 0.15) is 20.3 Å². The molecule has 102 valence electrons. The summed E-state index contributed by atoms with van der Waals surface area (Å²) in [5, 5.41) is 4.31.